The smallest absolute Gasteiger partial charge is 0.0636 e. The molecule has 1 unspecified atom stereocenters. The van der Waals surface area contributed by atoms with Crippen LogP contribution in [0.15, 0.2) is 0 Å². The molecular weight excluding hydrogens is 150 g/mol. The monoisotopic (exact) mass is 171 g/mol. The average Bonchev–Trinajstić information content (AvgIpc) is 2.51. The summed E-state index contributed by atoms with van der Waals surface area (Å²) in [5.41, 5.74) is 0. The molecule has 0 heterocycles. The minimum Gasteiger partial charge on any atom is -0.392 e. The maximum absolute atomic E-state index is 9.08. The second kappa shape index (κ2) is 4.83. The van der Waals surface area contributed by atoms with E-state index in [1.165, 1.54) is 25.7 Å². The molecule has 2 N–H and O–H groups in total. The van der Waals surface area contributed by atoms with Gasteiger partial charge in [0.1, 0.15) is 0 Å². The van der Waals surface area contributed by atoms with E-state index in [9.17, 15) is 0 Å². The Morgan fingerprint density at radius 3 is 2.42 bits per heavy atom. The van der Waals surface area contributed by atoms with Gasteiger partial charge >= 0.3 is 0 Å². The fraction of sp³-hybridized carbons (Fsp3) is 1.00. The summed E-state index contributed by atoms with van der Waals surface area (Å²) in [5.74, 6) is 0.851. The van der Waals surface area contributed by atoms with E-state index in [0.717, 1.165) is 12.5 Å². The van der Waals surface area contributed by atoms with Crippen molar-refractivity contribution in [1.29, 1.82) is 0 Å². The highest BCUT2D eigenvalue weighted by molar-refractivity contribution is 4.77. The van der Waals surface area contributed by atoms with E-state index in [1.54, 1.807) is 0 Å². The third kappa shape index (κ3) is 3.11. The zero-order chi connectivity index (χ0) is 8.97. The van der Waals surface area contributed by atoms with E-state index in [4.69, 9.17) is 5.11 Å². The number of rotatable bonds is 4. The first-order valence-corrected chi connectivity index (χ1v) is 5.11. The van der Waals surface area contributed by atoms with Gasteiger partial charge in [0.2, 0.25) is 0 Å². The molecule has 1 fully saturated rings. The van der Waals surface area contributed by atoms with Crippen LogP contribution in [0.1, 0.15) is 39.5 Å². The SMILES string of the molecule is CC(NC[C@H](C)O)C1CCCC1. The first-order chi connectivity index (χ1) is 5.70. The van der Waals surface area contributed by atoms with E-state index >= 15 is 0 Å². The predicted molar refractivity (Wildman–Crippen MR) is 51.1 cm³/mol. The lowest BCUT2D eigenvalue weighted by atomic mass is 10.00. The maximum atomic E-state index is 9.08. The molecule has 0 amide bonds. The van der Waals surface area contributed by atoms with Crippen molar-refractivity contribution in [2.45, 2.75) is 51.7 Å². The van der Waals surface area contributed by atoms with Gasteiger partial charge in [0.25, 0.3) is 0 Å². The van der Waals surface area contributed by atoms with E-state index < -0.39 is 0 Å². The molecule has 0 aromatic rings. The molecule has 12 heavy (non-hydrogen) atoms. The zero-order valence-corrected chi connectivity index (χ0v) is 8.21. The lowest BCUT2D eigenvalue weighted by Crippen LogP contribution is -2.36. The van der Waals surface area contributed by atoms with Gasteiger partial charge in [-0.05, 0) is 32.6 Å². The van der Waals surface area contributed by atoms with Crippen molar-refractivity contribution in [3.8, 4) is 0 Å². The van der Waals surface area contributed by atoms with Gasteiger partial charge in [-0.2, -0.15) is 0 Å². The van der Waals surface area contributed by atoms with Crippen LogP contribution in [0.3, 0.4) is 0 Å². The fourth-order valence-electron chi connectivity index (χ4n) is 1.98. The summed E-state index contributed by atoms with van der Waals surface area (Å²) >= 11 is 0. The molecule has 2 heteroatoms. The quantitative estimate of drug-likeness (QED) is 0.672. The second-order valence-corrected chi connectivity index (χ2v) is 4.09. The molecule has 0 aliphatic heterocycles. The molecule has 0 saturated heterocycles. The van der Waals surface area contributed by atoms with Gasteiger partial charge in [-0.1, -0.05) is 12.8 Å². The molecule has 72 valence electrons. The minimum absolute atomic E-state index is 0.214. The van der Waals surface area contributed by atoms with Crippen molar-refractivity contribution < 1.29 is 5.11 Å². The average molecular weight is 171 g/mol. The lowest BCUT2D eigenvalue weighted by molar-refractivity contribution is 0.181. The van der Waals surface area contributed by atoms with Gasteiger partial charge in [-0.25, -0.2) is 0 Å². The Morgan fingerprint density at radius 1 is 1.33 bits per heavy atom. The highest BCUT2D eigenvalue weighted by atomic mass is 16.3. The number of aliphatic hydroxyl groups is 1. The Morgan fingerprint density at radius 2 is 1.92 bits per heavy atom. The van der Waals surface area contributed by atoms with E-state index in [-0.39, 0.29) is 6.10 Å². The Bertz CT molecular complexity index is 119. The minimum atomic E-state index is -0.214. The van der Waals surface area contributed by atoms with E-state index in [1.807, 2.05) is 6.92 Å². The van der Waals surface area contributed by atoms with Crippen LogP contribution < -0.4 is 5.32 Å². The molecule has 0 aromatic heterocycles. The van der Waals surface area contributed by atoms with Gasteiger partial charge in [0.15, 0.2) is 0 Å². The molecule has 2 atom stereocenters. The summed E-state index contributed by atoms with van der Waals surface area (Å²) in [7, 11) is 0. The molecular formula is C10H21NO. The van der Waals surface area contributed by atoms with E-state index in [2.05, 4.69) is 12.2 Å². The summed E-state index contributed by atoms with van der Waals surface area (Å²) in [6, 6.07) is 0.585. The summed E-state index contributed by atoms with van der Waals surface area (Å²) in [4.78, 5) is 0. The molecule has 1 aliphatic rings. The molecule has 1 rings (SSSR count). The van der Waals surface area contributed by atoms with Crippen LogP contribution in [0, 0.1) is 5.92 Å². The number of hydrogen-bond donors (Lipinski definition) is 2. The summed E-state index contributed by atoms with van der Waals surface area (Å²) in [6.45, 7) is 4.80. The molecule has 0 aromatic carbocycles. The van der Waals surface area contributed by atoms with Crippen molar-refractivity contribution in [3.63, 3.8) is 0 Å². The largest absolute Gasteiger partial charge is 0.392 e. The summed E-state index contributed by atoms with van der Waals surface area (Å²) in [5, 5.41) is 12.5. The Labute approximate surface area is 75.4 Å². The van der Waals surface area contributed by atoms with Gasteiger partial charge in [-0.3, -0.25) is 0 Å². The van der Waals surface area contributed by atoms with Crippen LogP contribution in [-0.2, 0) is 0 Å². The van der Waals surface area contributed by atoms with Crippen molar-refractivity contribution in [2.75, 3.05) is 6.54 Å². The molecule has 1 saturated carbocycles. The van der Waals surface area contributed by atoms with Gasteiger partial charge in [-0.15, -0.1) is 0 Å². The maximum Gasteiger partial charge on any atom is 0.0636 e. The van der Waals surface area contributed by atoms with Gasteiger partial charge < -0.3 is 10.4 Å². The van der Waals surface area contributed by atoms with Crippen molar-refractivity contribution in [1.82, 2.24) is 5.32 Å². The molecule has 0 spiro atoms. The molecule has 0 radical (unpaired) electrons. The third-order valence-electron chi connectivity index (χ3n) is 2.84. The predicted octanol–water partition coefficient (Wildman–Crippen LogP) is 1.54. The fourth-order valence-corrected chi connectivity index (χ4v) is 1.98. The van der Waals surface area contributed by atoms with Gasteiger partial charge in [0.05, 0.1) is 6.10 Å². The molecule has 1 aliphatic carbocycles. The van der Waals surface area contributed by atoms with Crippen LogP contribution in [0.2, 0.25) is 0 Å². The van der Waals surface area contributed by atoms with Crippen LogP contribution in [0.5, 0.6) is 0 Å². The van der Waals surface area contributed by atoms with Crippen molar-refractivity contribution in [2.24, 2.45) is 5.92 Å². The summed E-state index contributed by atoms with van der Waals surface area (Å²) in [6.07, 6.45) is 5.31. The second-order valence-electron chi connectivity index (χ2n) is 4.09. The highest BCUT2D eigenvalue weighted by Crippen LogP contribution is 2.27. The standard InChI is InChI=1S/C10H21NO/c1-8(12)7-11-9(2)10-5-3-4-6-10/h8-12H,3-7H2,1-2H3/t8-,9?/m0/s1. The van der Waals surface area contributed by atoms with Crippen LogP contribution >= 0.6 is 0 Å². The van der Waals surface area contributed by atoms with Crippen LogP contribution in [0.25, 0.3) is 0 Å². The van der Waals surface area contributed by atoms with Crippen LogP contribution in [0.4, 0.5) is 0 Å². The topological polar surface area (TPSA) is 32.3 Å². The first kappa shape index (κ1) is 10.0. The van der Waals surface area contributed by atoms with Crippen molar-refractivity contribution >= 4 is 0 Å². The third-order valence-corrected chi connectivity index (χ3v) is 2.84. The number of aliphatic hydroxyl groups excluding tert-OH is 1. The Balaban J connectivity index is 2.13. The van der Waals surface area contributed by atoms with Crippen LogP contribution in [-0.4, -0.2) is 23.8 Å². The van der Waals surface area contributed by atoms with Crippen molar-refractivity contribution in [3.05, 3.63) is 0 Å². The number of hydrogen-bond acceptors (Lipinski definition) is 2. The molecule has 0 bridgehead atoms. The molecule has 2 nitrogen and oxygen atoms in total. The number of nitrogens with one attached hydrogen (secondary N) is 1. The Kier molecular flexibility index (Phi) is 4.02. The lowest BCUT2D eigenvalue weighted by Gasteiger charge is -2.21. The zero-order valence-electron chi connectivity index (χ0n) is 8.21. The van der Waals surface area contributed by atoms with E-state index in [0.29, 0.717) is 6.04 Å². The normalized spacial score (nSPS) is 24.2. The van der Waals surface area contributed by atoms with Gasteiger partial charge in [0, 0.05) is 12.6 Å². The first-order valence-electron chi connectivity index (χ1n) is 5.11. The highest BCUT2D eigenvalue weighted by Gasteiger charge is 2.20. The summed E-state index contributed by atoms with van der Waals surface area (Å²) < 4.78 is 0. The Hall–Kier alpha value is -0.0800.